The Balaban J connectivity index is 1.39. The number of nitrogens with one attached hydrogen (secondary N) is 2. The summed E-state index contributed by atoms with van der Waals surface area (Å²) in [4.78, 5) is 43.0. The van der Waals surface area contributed by atoms with Crippen molar-refractivity contribution >= 4 is 35.1 Å². The van der Waals surface area contributed by atoms with Gasteiger partial charge in [0.25, 0.3) is 5.91 Å². The Morgan fingerprint density at radius 1 is 1.20 bits per heavy atom. The number of carbonyl (C=O) groups is 3. The Bertz CT molecular complexity index is 972. The number of hydrogen-bond donors (Lipinski definition) is 2. The van der Waals surface area contributed by atoms with Crippen LogP contribution in [0.3, 0.4) is 0 Å². The molecule has 1 aliphatic heterocycles. The predicted molar refractivity (Wildman–Crippen MR) is 110 cm³/mol. The molecule has 1 saturated carbocycles. The Labute approximate surface area is 178 Å². The minimum absolute atomic E-state index is 0.322. The van der Waals surface area contributed by atoms with E-state index in [1.54, 1.807) is 36.4 Å². The van der Waals surface area contributed by atoms with Gasteiger partial charge in [0.1, 0.15) is 17.3 Å². The number of imide groups is 1. The molecule has 9 heteroatoms. The number of anilines is 1. The van der Waals surface area contributed by atoms with Crippen molar-refractivity contribution in [3.63, 3.8) is 0 Å². The van der Waals surface area contributed by atoms with Crippen molar-refractivity contribution in [1.29, 1.82) is 0 Å². The van der Waals surface area contributed by atoms with Gasteiger partial charge in [-0.3, -0.25) is 9.59 Å². The topological polar surface area (TPSA) is 101 Å². The average molecular weight is 429 g/mol. The van der Waals surface area contributed by atoms with Crippen molar-refractivity contribution in [1.82, 2.24) is 15.2 Å². The summed E-state index contributed by atoms with van der Waals surface area (Å²) >= 11 is 5.85. The monoisotopic (exact) mass is 428 g/mol. The molecule has 1 spiro atoms. The predicted octanol–water partition coefficient (Wildman–Crippen LogP) is 3.72. The summed E-state index contributed by atoms with van der Waals surface area (Å²) in [7, 11) is 0. The summed E-state index contributed by atoms with van der Waals surface area (Å²) in [6, 6.07) is 8.63. The third kappa shape index (κ3) is 3.82. The maximum atomic E-state index is 12.8. The van der Waals surface area contributed by atoms with E-state index in [0.717, 1.165) is 17.7 Å². The lowest BCUT2D eigenvalue weighted by atomic mass is 9.97. The highest BCUT2D eigenvalue weighted by Crippen LogP contribution is 2.35. The van der Waals surface area contributed by atoms with E-state index in [0.29, 0.717) is 35.2 Å². The lowest BCUT2D eigenvalue weighted by molar-refractivity contribution is -0.136. The van der Waals surface area contributed by atoms with Crippen LogP contribution in [-0.4, -0.2) is 39.3 Å². The SMILES string of the molecule is CC(C(=O)Nc1ccc(Oc2ccc(Cl)cc2)nc1)N1C(=O)NC2(CCCC2)C1=O. The van der Waals surface area contributed by atoms with E-state index in [-0.39, 0.29) is 5.91 Å². The summed E-state index contributed by atoms with van der Waals surface area (Å²) in [5.41, 5.74) is -0.411. The first-order valence-corrected chi connectivity index (χ1v) is 10.1. The number of nitrogens with zero attached hydrogens (tertiary/aromatic N) is 2. The van der Waals surface area contributed by atoms with Gasteiger partial charge in [-0.1, -0.05) is 24.4 Å². The third-order valence-electron chi connectivity index (χ3n) is 5.46. The number of aromatic nitrogens is 1. The fourth-order valence-corrected chi connectivity index (χ4v) is 3.94. The number of hydrogen-bond acceptors (Lipinski definition) is 5. The zero-order valence-electron chi connectivity index (χ0n) is 16.4. The number of ether oxygens (including phenoxy) is 1. The number of amides is 4. The van der Waals surface area contributed by atoms with Crippen molar-refractivity contribution in [2.45, 2.75) is 44.2 Å². The molecule has 1 aromatic carbocycles. The van der Waals surface area contributed by atoms with Crippen LogP contribution in [0, 0.1) is 0 Å². The second-order valence-electron chi connectivity index (χ2n) is 7.50. The Kier molecular flexibility index (Phi) is 5.34. The van der Waals surface area contributed by atoms with Gasteiger partial charge < -0.3 is 15.4 Å². The number of pyridine rings is 1. The molecule has 2 aromatic rings. The molecule has 0 bridgehead atoms. The van der Waals surface area contributed by atoms with E-state index in [1.807, 2.05) is 0 Å². The highest BCUT2D eigenvalue weighted by atomic mass is 35.5. The van der Waals surface area contributed by atoms with E-state index in [1.165, 1.54) is 13.1 Å². The Hall–Kier alpha value is -3.13. The fraction of sp³-hybridized carbons (Fsp3) is 0.333. The van der Waals surface area contributed by atoms with Gasteiger partial charge in [-0.25, -0.2) is 14.7 Å². The molecule has 1 aliphatic carbocycles. The third-order valence-corrected chi connectivity index (χ3v) is 5.71. The zero-order valence-corrected chi connectivity index (χ0v) is 17.1. The molecule has 8 nitrogen and oxygen atoms in total. The quantitative estimate of drug-likeness (QED) is 0.707. The fourth-order valence-electron chi connectivity index (χ4n) is 3.81. The number of urea groups is 1. The summed E-state index contributed by atoms with van der Waals surface area (Å²) in [5, 5.41) is 6.08. The number of carbonyl (C=O) groups excluding carboxylic acids is 3. The molecule has 1 atom stereocenters. The van der Waals surface area contributed by atoms with Crippen LogP contribution in [-0.2, 0) is 9.59 Å². The molecule has 1 aromatic heterocycles. The van der Waals surface area contributed by atoms with Crippen molar-refractivity contribution in [3.05, 3.63) is 47.6 Å². The zero-order chi connectivity index (χ0) is 21.3. The van der Waals surface area contributed by atoms with Gasteiger partial charge in [-0.2, -0.15) is 0 Å². The molecule has 1 unspecified atom stereocenters. The lowest BCUT2D eigenvalue weighted by Gasteiger charge is -2.23. The van der Waals surface area contributed by atoms with Gasteiger partial charge in [-0.15, -0.1) is 0 Å². The smallest absolute Gasteiger partial charge is 0.325 e. The van der Waals surface area contributed by atoms with E-state index in [2.05, 4.69) is 15.6 Å². The molecule has 0 radical (unpaired) electrons. The summed E-state index contributed by atoms with van der Waals surface area (Å²) in [6.07, 6.45) is 4.44. The van der Waals surface area contributed by atoms with E-state index >= 15 is 0 Å². The molecular formula is C21H21ClN4O4. The maximum Gasteiger partial charge on any atom is 0.325 e. The van der Waals surface area contributed by atoms with E-state index < -0.39 is 23.5 Å². The molecule has 2 heterocycles. The van der Waals surface area contributed by atoms with Crippen LogP contribution in [0.5, 0.6) is 11.6 Å². The van der Waals surface area contributed by atoms with Crippen molar-refractivity contribution in [2.75, 3.05) is 5.32 Å². The van der Waals surface area contributed by atoms with Gasteiger partial charge in [0, 0.05) is 11.1 Å². The van der Waals surface area contributed by atoms with Gasteiger partial charge in [0.05, 0.1) is 11.9 Å². The summed E-state index contributed by atoms with van der Waals surface area (Å²) in [6.45, 7) is 1.53. The standard InChI is InChI=1S/C21H21ClN4O4/c1-13(26-19(28)21(25-20(26)29)10-2-3-11-21)18(27)24-15-6-9-17(23-12-15)30-16-7-4-14(22)5-8-16/h4-9,12-13H,2-3,10-11H2,1H3,(H,24,27)(H,25,29). The van der Waals surface area contributed by atoms with Gasteiger partial charge >= 0.3 is 6.03 Å². The van der Waals surface area contributed by atoms with Crippen LogP contribution < -0.4 is 15.4 Å². The van der Waals surface area contributed by atoms with Gasteiger partial charge in [-0.05, 0) is 50.1 Å². The highest BCUT2D eigenvalue weighted by molar-refractivity contribution is 6.30. The Morgan fingerprint density at radius 2 is 1.90 bits per heavy atom. The van der Waals surface area contributed by atoms with Crippen LogP contribution in [0.15, 0.2) is 42.6 Å². The Morgan fingerprint density at radius 3 is 2.53 bits per heavy atom. The van der Waals surface area contributed by atoms with Crippen LogP contribution >= 0.6 is 11.6 Å². The van der Waals surface area contributed by atoms with Crippen molar-refractivity contribution in [2.24, 2.45) is 0 Å². The van der Waals surface area contributed by atoms with Gasteiger partial charge in [0.2, 0.25) is 11.8 Å². The van der Waals surface area contributed by atoms with E-state index in [4.69, 9.17) is 16.3 Å². The summed E-state index contributed by atoms with van der Waals surface area (Å²) < 4.78 is 5.62. The molecule has 30 heavy (non-hydrogen) atoms. The second-order valence-corrected chi connectivity index (χ2v) is 7.94. The van der Waals surface area contributed by atoms with Crippen LogP contribution in [0.1, 0.15) is 32.6 Å². The minimum Gasteiger partial charge on any atom is -0.439 e. The molecule has 2 fully saturated rings. The molecule has 4 rings (SSSR count). The number of benzene rings is 1. The van der Waals surface area contributed by atoms with Crippen molar-refractivity contribution in [3.8, 4) is 11.6 Å². The van der Waals surface area contributed by atoms with Gasteiger partial charge in [0.15, 0.2) is 0 Å². The molecule has 2 N–H and O–H groups in total. The van der Waals surface area contributed by atoms with Crippen LogP contribution in [0.4, 0.5) is 10.5 Å². The maximum absolute atomic E-state index is 12.8. The second kappa shape index (κ2) is 7.95. The van der Waals surface area contributed by atoms with Crippen LogP contribution in [0.25, 0.3) is 0 Å². The molecule has 1 saturated heterocycles. The van der Waals surface area contributed by atoms with Crippen LogP contribution in [0.2, 0.25) is 5.02 Å². The van der Waals surface area contributed by atoms with Crippen molar-refractivity contribution < 1.29 is 19.1 Å². The molecule has 2 aliphatic rings. The lowest BCUT2D eigenvalue weighted by Crippen LogP contribution is -2.48. The minimum atomic E-state index is -0.942. The summed E-state index contributed by atoms with van der Waals surface area (Å²) in [5.74, 6) is 0.136. The normalized spacial score (nSPS) is 18.4. The highest BCUT2D eigenvalue weighted by Gasteiger charge is 2.54. The molecule has 156 valence electrons. The molecular weight excluding hydrogens is 408 g/mol. The molecule has 4 amide bonds. The first-order chi connectivity index (χ1) is 14.4. The number of halogens is 1. The first-order valence-electron chi connectivity index (χ1n) is 9.74. The number of rotatable bonds is 5. The largest absolute Gasteiger partial charge is 0.439 e. The van der Waals surface area contributed by atoms with E-state index in [9.17, 15) is 14.4 Å². The first kappa shape index (κ1) is 20.2. The average Bonchev–Trinajstić information content (AvgIpc) is 3.29.